The molecule has 0 aliphatic rings. The van der Waals surface area contributed by atoms with E-state index in [-0.39, 0.29) is 0 Å². The Balaban J connectivity index is 2.31. The number of nitrogens with two attached hydrogens (primary N) is 1. The molecule has 0 spiro atoms. The Morgan fingerprint density at radius 2 is 2.28 bits per heavy atom. The molecule has 0 amide bonds. The maximum atomic E-state index is 11.5. The summed E-state index contributed by atoms with van der Waals surface area (Å²) in [5, 5.41) is 7.30. The second-order valence-corrected chi connectivity index (χ2v) is 4.52. The first-order chi connectivity index (χ1) is 8.61. The average molecular weight is 264 g/mol. The van der Waals surface area contributed by atoms with Crippen molar-refractivity contribution in [2.24, 2.45) is 0 Å². The highest BCUT2D eigenvalue weighted by molar-refractivity contribution is 7.99. The first kappa shape index (κ1) is 12.4. The summed E-state index contributed by atoms with van der Waals surface area (Å²) in [6, 6.07) is 5.16. The van der Waals surface area contributed by atoms with Gasteiger partial charge in [-0.1, -0.05) is 6.07 Å². The van der Waals surface area contributed by atoms with Crippen molar-refractivity contribution in [3.8, 4) is 0 Å². The third-order valence-electron chi connectivity index (χ3n) is 2.25. The Labute approximate surface area is 108 Å². The van der Waals surface area contributed by atoms with Gasteiger partial charge in [0.1, 0.15) is 5.82 Å². The van der Waals surface area contributed by atoms with Crippen LogP contribution < -0.4 is 5.73 Å². The van der Waals surface area contributed by atoms with Gasteiger partial charge in [-0.15, -0.1) is 5.10 Å². The van der Waals surface area contributed by atoms with Crippen molar-refractivity contribution in [1.82, 2.24) is 15.2 Å². The molecule has 0 radical (unpaired) electrons. The smallest absolute Gasteiger partial charge is 0.339 e. The number of aryl methyl sites for hydroxylation is 1. The number of carbonyl (C=O) groups excluding carboxylic acids is 1. The van der Waals surface area contributed by atoms with Gasteiger partial charge in [-0.3, -0.25) is 5.10 Å². The average Bonchev–Trinajstić information content (AvgIpc) is 2.76. The van der Waals surface area contributed by atoms with E-state index < -0.39 is 5.97 Å². The Kier molecular flexibility index (Phi) is 3.52. The van der Waals surface area contributed by atoms with Gasteiger partial charge in [-0.2, -0.15) is 0 Å². The molecule has 94 valence electrons. The Hall–Kier alpha value is -2.02. The zero-order chi connectivity index (χ0) is 13.1. The van der Waals surface area contributed by atoms with Gasteiger partial charge in [0.15, 0.2) is 0 Å². The number of aromatic amines is 1. The summed E-state index contributed by atoms with van der Waals surface area (Å²) in [7, 11) is 1.32. The molecule has 2 aromatic rings. The molecule has 0 atom stereocenters. The van der Waals surface area contributed by atoms with Crippen LogP contribution in [-0.4, -0.2) is 28.3 Å². The molecule has 0 saturated heterocycles. The highest BCUT2D eigenvalue weighted by Crippen LogP contribution is 2.31. The van der Waals surface area contributed by atoms with E-state index in [0.29, 0.717) is 16.4 Å². The quantitative estimate of drug-likeness (QED) is 0.646. The van der Waals surface area contributed by atoms with Gasteiger partial charge in [0.05, 0.1) is 18.4 Å². The molecule has 0 fully saturated rings. The Morgan fingerprint density at radius 1 is 1.50 bits per heavy atom. The number of ether oxygens (including phenoxy) is 1. The van der Waals surface area contributed by atoms with E-state index >= 15 is 0 Å². The molecule has 0 saturated carbocycles. The van der Waals surface area contributed by atoms with Crippen molar-refractivity contribution in [2.45, 2.75) is 17.0 Å². The fourth-order valence-corrected chi connectivity index (χ4v) is 2.22. The number of H-pyrrole nitrogens is 1. The van der Waals surface area contributed by atoms with Crippen LogP contribution >= 0.6 is 11.8 Å². The van der Waals surface area contributed by atoms with E-state index in [0.717, 1.165) is 10.7 Å². The van der Waals surface area contributed by atoms with Crippen LogP contribution in [0.3, 0.4) is 0 Å². The van der Waals surface area contributed by atoms with Crippen molar-refractivity contribution in [3.05, 3.63) is 29.6 Å². The third kappa shape index (κ3) is 2.45. The molecule has 2 rings (SSSR count). The molecular weight excluding hydrogens is 252 g/mol. The first-order valence-corrected chi connectivity index (χ1v) is 5.97. The lowest BCUT2D eigenvalue weighted by Crippen LogP contribution is -2.06. The number of hydrogen-bond acceptors (Lipinski definition) is 6. The molecule has 0 aliphatic carbocycles. The molecule has 18 heavy (non-hydrogen) atoms. The number of hydrogen-bond donors (Lipinski definition) is 2. The van der Waals surface area contributed by atoms with Crippen LogP contribution in [0.25, 0.3) is 0 Å². The summed E-state index contributed by atoms with van der Waals surface area (Å²) >= 11 is 1.29. The van der Waals surface area contributed by atoms with Gasteiger partial charge in [-0.05, 0) is 30.8 Å². The minimum atomic E-state index is -0.457. The van der Waals surface area contributed by atoms with E-state index in [1.165, 1.54) is 18.9 Å². The summed E-state index contributed by atoms with van der Waals surface area (Å²) in [5.41, 5.74) is 6.64. The number of methoxy groups -OCH3 is 1. The molecule has 0 unspecified atom stereocenters. The second-order valence-electron chi connectivity index (χ2n) is 3.51. The summed E-state index contributed by atoms with van der Waals surface area (Å²) in [6.07, 6.45) is 0. The molecule has 1 heterocycles. The summed E-state index contributed by atoms with van der Waals surface area (Å²) in [6.45, 7) is 1.81. The number of esters is 1. The lowest BCUT2D eigenvalue weighted by Gasteiger charge is -2.07. The number of nitrogens with one attached hydrogen (secondary N) is 1. The number of nitrogen functional groups attached to an aromatic ring is 1. The van der Waals surface area contributed by atoms with E-state index in [1.54, 1.807) is 18.2 Å². The molecular formula is C11H12N4O2S. The van der Waals surface area contributed by atoms with Crippen molar-refractivity contribution >= 4 is 23.4 Å². The SMILES string of the molecule is COC(=O)c1cccc(Sc2n[nH]c(C)n2)c1N. The van der Waals surface area contributed by atoms with E-state index in [9.17, 15) is 4.79 Å². The Morgan fingerprint density at radius 3 is 2.89 bits per heavy atom. The molecule has 1 aromatic carbocycles. The van der Waals surface area contributed by atoms with Gasteiger partial charge < -0.3 is 10.5 Å². The van der Waals surface area contributed by atoms with Crippen molar-refractivity contribution < 1.29 is 9.53 Å². The maximum Gasteiger partial charge on any atom is 0.339 e. The maximum absolute atomic E-state index is 11.5. The molecule has 7 heteroatoms. The van der Waals surface area contributed by atoms with Crippen LogP contribution in [-0.2, 0) is 4.74 Å². The van der Waals surface area contributed by atoms with Crippen LogP contribution in [0.2, 0.25) is 0 Å². The molecule has 6 nitrogen and oxygen atoms in total. The molecule has 0 aliphatic heterocycles. The van der Waals surface area contributed by atoms with E-state index in [1.807, 2.05) is 6.92 Å². The lowest BCUT2D eigenvalue weighted by atomic mass is 10.2. The second kappa shape index (κ2) is 5.09. The van der Waals surface area contributed by atoms with Gasteiger partial charge >= 0.3 is 5.97 Å². The van der Waals surface area contributed by atoms with Crippen molar-refractivity contribution in [1.29, 1.82) is 0 Å². The van der Waals surface area contributed by atoms with Crippen molar-refractivity contribution in [2.75, 3.05) is 12.8 Å². The van der Waals surface area contributed by atoms with Crippen LogP contribution in [0, 0.1) is 6.92 Å². The topological polar surface area (TPSA) is 93.9 Å². The number of anilines is 1. The van der Waals surface area contributed by atoms with E-state index in [2.05, 4.69) is 19.9 Å². The highest BCUT2D eigenvalue weighted by atomic mass is 32.2. The van der Waals surface area contributed by atoms with Crippen LogP contribution in [0.1, 0.15) is 16.2 Å². The van der Waals surface area contributed by atoms with E-state index in [4.69, 9.17) is 5.73 Å². The number of benzene rings is 1. The third-order valence-corrected chi connectivity index (χ3v) is 3.19. The fourth-order valence-electron chi connectivity index (χ4n) is 1.39. The predicted molar refractivity (Wildman–Crippen MR) is 67.4 cm³/mol. The minimum Gasteiger partial charge on any atom is -0.465 e. The fraction of sp³-hybridized carbons (Fsp3) is 0.182. The zero-order valence-corrected chi connectivity index (χ0v) is 10.7. The summed E-state index contributed by atoms with van der Waals surface area (Å²) < 4.78 is 4.66. The van der Waals surface area contributed by atoms with Crippen LogP contribution in [0.5, 0.6) is 0 Å². The summed E-state index contributed by atoms with van der Waals surface area (Å²) in [4.78, 5) is 16.4. The molecule has 1 aromatic heterocycles. The normalized spacial score (nSPS) is 10.3. The highest BCUT2D eigenvalue weighted by Gasteiger charge is 2.14. The number of para-hydroxylation sites is 1. The van der Waals surface area contributed by atoms with Gasteiger partial charge in [-0.25, -0.2) is 9.78 Å². The molecule has 3 N–H and O–H groups in total. The largest absolute Gasteiger partial charge is 0.465 e. The zero-order valence-electron chi connectivity index (χ0n) is 9.93. The summed E-state index contributed by atoms with van der Waals surface area (Å²) in [5.74, 6) is 0.265. The van der Waals surface area contributed by atoms with Crippen molar-refractivity contribution in [3.63, 3.8) is 0 Å². The van der Waals surface area contributed by atoms with Crippen LogP contribution in [0.4, 0.5) is 5.69 Å². The number of carbonyl (C=O) groups is 1. The Bertz CT molecular complexity index is 582. The van der Waals surface area contributed by atoms with Gasteiger partial charge in [0.25, 0.3) is 0 Å². The minimum absolute atomic E-state index is 0.342. The monoisotopic (exact) mass is 264 g/mol. The van der Waals surface area contributed by atoms with Crippen LogP contribution in [0.15, 0.2) is 28.3 Å². The predicted octanol–water partition coefficient (Wildman–Crippen LogP) is 1.63. The number of aromatic nitrogens is 3. The standard InChI is InChI=1S/C11H12N4O2S/c1-6-13-11(15-14-6)18-8-5-3-4-7(9(8)12)10(16)17-2/h3-5H,12H2,1-2H3,(H,13,14,15). The molecule has 0 bridgehead atoms. The number of rotatable bonds is 3. The van der Waals surface area contributed by atoms with Gasteiger partial charge in [0, 0.05) is 4.90 Å². The first-order valence-electron chi connectivity index (χ1n) is 5.15. The number of nitrogens with zero attached hydrogens (tertiary/aromatic N) is 2. The lowest BCUT2D eigenvalue weighted by molar-refractivity contribution is 0.0601. The van der Waals surface area contributed by atoms with Gasteiger partial charge in [0.2, 0.25) is 5.16 Å².